The number of carbonyl (C=O) groups excluding carboxylic acids is 2. The van der Waals surface area contributed by atoms with Crippen molar-refractivity contribution in [2.24, 2.45) is 0 Å². The largest absolute Gasteiger partial charge is 0.312 e. The molecular formula is C26H19ClFN5O2. The van der Waals surface area contributed by atoms with Gasteiger partial charge in [-0.05, 0) is 61.0 Å². The van der Waals surface area contributed by atoms with Crippen LogP contribution in [0.25, 0.3) is 22.5 Å². The van der Waals surface area contributed by atoms with Crippen LogP contribution in [0.4, 0.5) is 15.9 Å². The molecule has 4 aromatic rings. The summed E-state index contributed by atoms with van der Waals surface area (Å²) in [6, 6.07) is 14.7. The molecule has 2 aromatic heterocycles. The lowest BCUT2D eigenvalue weighted by Crippen LogP contribution is -2.23. The van der Waals surface area contributed by atoms with Crippen molar-refractivity contribution in [1.82, 2.24) is 15.0 Å². The Labute approximate surface area is 205 Å². The monoisotopic (exact) mass is 487 g/mol. The molecule has 7 nitrogen and oxygen atoms in total. The Kier molecular flexibility index (Phi) is 6.20. The van der Waals surface area contributed by atoms with Gasteiger partial charge in [0.15, 0.2) is 5.82 Å². The number of carbonyl (C=O) groups is 2. The van der Waals surface area contributed by atoms with Gasteiger partial charge in [0.05, 0.1) is 16.9 Å². The standard InChI is InChI=1S/C26H19ClFN5O2/c27-20-13-17(7-10-21(20)28)24-25(18-3-1-11-29-14-18)31-22(15-30-24)32-26(35)16-5-8-19(9-6-16)33-12-2-4-23(33)34/h1,3,5-11,13-15H,2,4,12H2,(H,31,32,35). The van der Waals surface area contributed by atoms with Gasteiger partial charge >= 0.3 is 0 Å². The molecule has 0 bridgehead atoms. The van der Waals surface area contributed by atoms with E-state index in [9.17, 15) is 14.0 Å². The fourth-order valence-electron chi connectivity index (χ4n) is 3.91. The molecule has 1 N–H and O–H groups in total. The first kappa shape index (κ1) is 22.6. The lowest BCUT2D eigenvalue weighted by molar-refractivity contribution is -0.117. The minimum Gasteiger partial charge on any atom is -0.312 e. The van der Waals surface area contributed by atoms with E-state index in [-0.39, 0.29) is 22.7 Å². The summed E-state index contributed by atoms with van der Waals surface area (Å²) in [4.78, 5) is 39.8. The van der Waals surface area contributed by atoms with Gasteiger partial charge in [-0.25, -0.2) is 9.37 Å². The van der Waals surface area contributed by atoms with E-state index in [0.717, 1.165) is 12.1 Å². The molecule has 0 unspecified atom stereocenters. The molecule has 0 saturated carbocycles. The molecule has 2 aromatic carbocycles. The van der Waals surface area contributed by atoms with E-state index in [2.05, 4.69) is 20.3 Å². The number of aromatic nitrogens is 3. The third-order valence-corrected chi connectivity index (χ3v) is 5.95. The minimum absolute atomic E-state index is 0.0297. The summed E-state index contributed by atoms with van der Waals surface area (Å²) in [5.74, 6) is -0.573. The van der Waals surface area contributed by atoms with Crippen molar-refractivity contribution >= 4 is 34.9 Å². The molecule has 3 heterocycles. The summed E-state index contributed by atoms with van der Waals surface area (Å²) in [6.45, 7) is 0.683. The first-order valence-corrected chi connectivity index (χ1v) is 11.3. The van der Waals surface area contributed by atoms with Crippen LogP contribution < -0.4 is 10.2 Å². The molecule has 9 heteroatoms. The maximum Gasteiger partial charge on any atom is 0.256 e. The molecule has 0 aliphatic carbocycles. The third kappa shape index (κ3) is 4.74. The van der Waals surface area contributed by atoms with Crippen LogP contribution >= 0.6 is 11.6 Å². The Balaban J connectivity index is 1.43. The lowest BCUT2D eigenvalue weighted by atomic mass is 10.1. The maximum atomic E-state index is 13.7. The first-order chi connectivity index (χ1) is 17.0. The average Bonchev–Trinajstić information content (AvgIpc) is 3.32. The second-order valence-corrected chi connectivity index (χ2v) is 8.38. The van der Waals surface area contributed by atoms with Gasteiger partial charge in [0.25, 0.3) is 5.91 Å². The molecule has 1 aliphatic heterocycles. The van der Waals surface area contributed by atoms with Gasteiger partial charge in [-0.2, -0.15) is 0 Å². The number of hydrogen-bond donors (Lipinski definition) is 1. The molecule has 1 fully saturated rings. The third-order valence-electron chi connectivity index (χ3n) is 5.66. The van der Waals surface area contributed by atoms with Gasteiger partial charge in [0, 0.05) is 47.7 Å². The number of rotatable bonds is 5. The smallest absolute Gasteiger partial charge is 0.256 e. The quantitative estimate of drug-likeness (QED) is 0.408. The summed E-state index contributed by atoms with van der Waals surface area (Å²) in [5.41, 5.74) is 3.36. The van der Waals surface area contributed by atoms with Gasteiger partial charge in [0.2, 0.25) is 5.91 Å². The fourth-order valence-corrected chi connectivity index (χ4v) is 4.09. The van der Waals surface area contributed by atoms with E-state index in [4.69, 9.17) is 11.6 Å². The Hall–Kier alpha value is -4.17. The van der Waals surface area contributed by atoms with E-state index in [1.807, 2.05) is 6.07 Å². The number of pyridine rings is 1. The number of hydrogen-bond acceptors (Lipinski definition) is 5. The van der Waals surface area contributed by atoms with Crippen LogP contribution in [0.5, 0.6) is 0 Å². The molecule has 0 radical (unpaired) electrons. The average molecular weight is 488 g/mol. The SMILES string of the molecule is O=C(Nc1cnc(-c2ccc(F)c(Cl)c2)c(-c2cccnc2)n1)c1ccc(N2CCCC2=O)cc1. The normalized spacial score (nSPS) is 13.2. The molecular weight excluding hydrogens is 469 g/mol. The Morgan fingerprint density at radius 2 is 1.86 bits per heavy atom. The van der Waals surface area contributed by atoms with Crippen molar-refractivity contribution in [2.45, 2.75) is 12.8 Å². The second-order valence-electron chi connectivity index (χ2n) is 7.97. The molecule has 35 heavy (non-hydrogen) atoms. The van der Waals surface area contributed by atoms with E-state index in [1.54, 1.807) is 53.7 Å². The van der Waals surface area contributed by atoms with Crippen LogP contribution in [0.15, 0.2) is 73.2 Å². The molecule has 5 rings (SSSR count). The number of anilines is 2. The highest BCUT2D eigenvalue weighted by atomic mass is 35.5. The number of nitrogens with one attached hydrogen (secondary N) is 1. The number of halogens is 2. The van der Waals surface area contributed by atoms with Crippen LogP contribution in [0.2, 0.25) is 5.02 Å². The lowest BCUT2D eigenvalue weighted by Gasteiger charge is -2.16. The zero-order valence-corrected chi connectivity index (χ0v) is 19.2. The highest BCUT2D eigenvalue weighted by Gasteiger charge is 2.22. The molecule has 2 amide bonds. The first-order valence-electron chi connectivity index (χ1n) is 10.9. The van der Waals surface area contributed by atoms with Crippen LogP contribution in [-0.2, 0) is 4.79 Å². The number of amides is 2. The highest BCUT2D eigenvalue weighted by Crippen LogP contribution is 2.31. The fraction of sp³-hybridized carbons (Fsp3) is 0.115. The van der Waals surface area contributed by atoms with Crippen molar-refractivity contribution in [3.05, 3.63) is 89.6 Å². The van der Waals surface area contributed by atoms with E-state index < -0.39 is 5.82 Å². The van der Waals surface area contributed by atoms with Gasteiger partial charge in [-0.15, -0.1) is 0 Å². The topological polar surface area (TPSA) is 88.1 Å². The zero-order valence-electron chi connectivity index (χ0n) is 18.4. The van der Waals surface area contributed by atoms with Crippen molar-refractivity contribution in [3.8, 4) is 22.5 Å². The van der Waals surface area contributed by atoms with Crippen molar-refractivity contribution < 1.29 is 14.0 Å². The number of benzene rings is 2. The molecule has 0 spiro atoms. The minimum atomic E-state index is -0.532. The Morgan fingerprint density at radius 3 is 2.54 bits per heavy atom. The second kappa shape index (κ2) is 9.60. The molecule has 174 valence electrons. The summed E-state index contributed by atoms with van der Waals surface area (Å²) in [6.07, 6.45) is 6.07. The predicted octanol–water partition coefficient (Wildman–Crippen LogP) is 5.38. The molecule has 1 aliphatic rings. The molecule has 0 atom stereocenters. The summed E-state index contributed by atoms with van der Waals surface area (Å²) in [5, 5.41) is 2.74. The van der Waals surface area contributed by atoms with Gasteiger partial charge < -0.3 is 10.2 Å². The van der Waals surface area contributed by atoms with Crippen LogP contribution in [0, 0.1) is 5.82 Å². The van der Waals surface area contributed by atoms with Gasteiger partial charge in [-0.1, -0.05) is 11.6 Å². The Bertz CT molecular complexity index is 1410. The summed E-state index contributed by atoms with van der Waals surface area (Å²) < 4.78 is 13.7. The zero-order chi connectivity index (χ0) is 24.4. The van der Waals surface area contributed by atoms with Crippen LogP contribution in [0.1, 0.15) is 23.2 Å². The predicted molar refractivity (Wildman–Crippen MR) is 132 cm³/mol. The van der Waals surface area contributed by atoms with Crippen LogP contribution in [-0.4, -0.2) is 33.3 Å². The maximum absolute atomic E-state index is 13.7. The van der Waals surface area contributed by atoms with E-state index >= 15 is 0 Å². The van der Waals surface area contributed by atoms with Gasteiger partial charge in [-0.3, -0.25) is 19.6 Å². The van der Waals surface area contributed by atoms with Gasteiger partial charge in [0.1, 0.15) is 11.5 Å². The molecule has 1 saturated heterocycles. The summed E-state index contributed by atoms with van der Waals surface area (Å²) >= 11 is 5.98. The highest BCUT2D eigenvalue weighted by molar-refractivity contribution is 6.31. The Morgan fingerprint density at radius 1 is 1.03 bits per heavy atom. The van der Waals surface area contributed by atoms with Crippen molar-refractivity contribution in [1.29, 1.82) is 0 Å². The van der Waals surface area contributed by atoms with Crippen molar-refractivity contribution in [3.63, 3.8) is 0 Å². The van der Waals surface area contributed by atoms with E-state index in [1.165, 1.54) is 18.3 Å². The number of nitrogens with zero attached hydrogens (tertiary/aromatic N) is 4. The summed E-state index contributed by atoms with van der Waals surface area (Å²) in [7, 11) is 0. The van der Waals surface area contributed by atoms with Crippen LogP contribution in [0.3, 0.4) is 0 Å². The van der Waals surface area contributed by atoms with Crippen molar-refractivity contribution in [2.75, 3.05) is 16.8 Å². The van der Waals surface area contributed by atoms with E-state index in [0.29, 0.717) is 41.0 Å².